The molecule has 26 heavy (non-hydrogen) atoms. The Kier molecular flexibility index (Phi) is 6.85. The second kappa shape index (κ2) is 9.10. The van der Waals surface area contributed by atoms with Crippen molar-refractivity contribution in [3.05, 3.63) is 58.1 Å². The molecular weight excluding hydrogens is 356 g/mol. The number of nitrogens with zero attached hydrogens (tertiary/aromatic N) is 1. The lowest BCUT2D eigenvalue weighted by Crippen LogP contribution is -2.15. The highest BCUT2D eigenvalue weighted by Gasteiger charge is 2.14. The molecule has 0 unspecified atom stereocenters. The van der Waals surface area contributed by atoms with Gasteiger partial charge in [-0.1, -0.05) is 12.1 Å². The molecule has 1 amide bonds. The smallest absolute Gasteiger partial charge is 0.269 e. The predicted octanol–water partition coefficient (Wildman–Crippen LogP) is 4.04. The van der Waals surface area contributed by atoms with Crippen LogP contribution >= 0.6 is 11.8 Å². The number of ether oxygens (including phenoxy) is 2. The molecule has 138 valence electrons. The van der Waals surface area contributed by atoms with Crippen molar-refractivity contribution in [2.45, 2.75) is 12.2 Å². The zero-order chi connectivity index (χ0) is 19.1. The Labute approximate surface area is 155 Å². The molecule has 2 rings (SSSR count). The maximum Gasteiger partial charge on any atom is 0.269 e. The van der Waals surface area contributed by atoms with Gasteiger partial charge in [0.05, 0.1) is 30.6 Å². The van der Waals surface area contributed by atoms with Gasteiger partial charge in [-0.15, -0.1) is 11.8 Å². The summed E-state index contributed by atoms with van der Waals surface area (Å²) in [5.74, 6) is 1.15. The average molecular weight is 376 g/mol. The van der Waals surface area contributed by atoms with Gasteiger partial charge in [0.2, 0.25) is 5.91 Å². The van der Waals surface area contributed by atoms with E-state index in [0.29, 0.717) is 17.2 Å². The predicted molar refractivity (Wildman–Crippen MR) is 102 cm³/mol. The van der Waals surface area contributed by atoms with Crippen LogP contribution in [0.25, 0.3) is 0 Å². The van der Waals surface area contributed by atoms with Gasteiger partial charge in [0, 0.05) is 23.4 Å². The van der Waals surface area contributed by atoms with E-state index in [0.717, 1.165) is 5.56 Å². The van der Waals surface area contributed by atoms with Crippen LogP contribution in [0, 0.1) is 10.1 Å². The molecule has 0 aromatic heterocycles. The lowest BCUT2D eigenvalue weighted by atomic mass is 10.1. The number of nitro benzene ring substituents is 1. The fourth-order valence-corrected chi connectivity index (χ4v) is 3.10. The van der Waals surface area contributed by atoms with Gasteiger partial charge in [0.25, 0.3) is 5.69 Å². The summed E-state index contributed by atoms with van der Waals surface area (Å²) in [6.07, 6.45) is 0. The summed E-state index contributed by atoms with van der Waals surface area (Å²) in [5.41, 5.74) is 1.37. The summed E-state index contributed by atoms with van der Waals surface area (Å²) in [4.78, 5) is 22.7. The average Bonchev–Trinajstić information content (AvgIpc) is 2.66. The number of carbonyl (C=O) groups excluding carboxylic acids is 1. The Balaban J connectivity index is 1.98. The van der Waals surface area contributed by atoms with E-state index in [1.54, 1.807) is 31.4 Å². The zero-order valence-electron chi connectivity index (χ0n) is 14.7. The number of carbonyl (C=O) groups is 1. The maximum absolute atomic E-state index is 12.3. The minimum absolute atomic E-state index is 0.0421. The number of rotatable bonds is 8. The van der Waals surface area contributed by atoms with Gasteiger partial charge in [-0.2, -0.15) is 0 Å². The maximum atomic E-state index is 12.3. The molecule has 1 N–H and O–H groups in total. The van der Waals surface area contributed by atoms with Crippen molar-refractivity contribution in [3.8, 4) is 11.5 Å². The van der Waals surface area contributed by atoms with E-state index >= 15 is 0 Å². The number of hydrogen-bond donors (Lipinski definition) is 1. The molecule has 1 atom stereocenters. The Morgan fingerprint density at radius 1 is 1.23 bits per heavy atom. The van der Waals surface area contributed by atoms with Crippen molar-refractivity contribution in [2.75, 3.05) is 25.3 Å². The number of nitrogens with one attached hydrogen (secondary N) is 1. The molecule has 2 aromatic carbocycles. The van der Waals surface area contributed by atoms with Crippen LogP contribution in [0.1, 0.15) is 17.7 Å². The van der Waals surface area contributed by atoms with Gasteiger partial charge in [0.15, 0.2) is 0 Å². The second-order valence-electron chi connectivity index (χ2n) is 5.42. The number of non-ortho nitro benzene ring substituents is 1. The van der Waals surface area contributed by atoms with Crippen molar-refractivity contribution in [3.63, 3.8) is 0 Å². The summed E-state index contributed by atoms with van der Waals surface area (Å²) in [6.45, 7) is 1.91. The minimum atomic E-state index is -0.428. The van der Waals surface area contributed by atoms with Crippen LogP contribution in [-0.4, -0.2) is 30.8 Å². The first-order chi connectivity index (χ1) is 12.4. The number of benzene rings is 2. The summed E-state index contributed by atoms with van der Waals surface area (Å²) in [5, 5.41) is 13.6. The molecule has 0 heterocycles. The molecule has 8 heteroatoms. The fraction of sp³-hybridized carbons (Fsp3) is 0.278. The first-order valence-corrected chi connectivity index (χ1v) is 8.87. The van der Waals surface area contributed by atoms with E-state index < -0.39 is 4.92 Å². The SMILES string of the molecule is COc1ccc(OC)c(NC(=O)CS[C@H](C)c2cccc([N+](=O)[O-])c2)c1. The largest absolute Gasteiger partial charge is 0.497 e. The lowest BCUT2D eigenvalue weighted by molar-refractivity contribution is -0.384. The molecule has 0 radical (unpaired) electrons. The van der Waals surface area contributed by atoms with Crippen LogP contribution in [0.2, 0.25) is 0 Å². The molecule has 0 aliphatic heterocycles. The van der Waals surface area contributed by atoms with Crippen molar-refractivity contribution < 1.29 is 19.2 Å². The number of hydrogen-bond acceptors (Lipinski definition) is 6. The minimum Gasteiger partial charge on any atom is -0.497 e. The number of nitro groups is 1. The highest BCUT2D eigenvalue weighted by atomic mass is 32.2. The zero-order valence-corrected chi connectivity index (χ0v) is 15.5. The van der Waals surface area contributed by atoms with Crippen LogP contribution in [0.5, 0.6) is 11.5 Å². The van der Waals surface area contributed by atoms with E-state index in [-0.39, 0.29) is 22.6 Å². The standard InChI is InChI=1S/C18H20N2O5S/c1-12(13-5-4-6-14(9-13)20(22)23)26-11-18(21)19-16-10-15(24-2)7-8-17(16)25-3/h4-10,12H,11H2,1-3H3,(H,19,21)/t12-/m1/s1. The number of thioether (sulfide) groups is 1. The third-order valence-corrected chi connectivity index (χ3v) is 4.90. The van der Waals surface area contributed by atoms with Crippen LogP contribution in [0.3, 0.4) is 0 Å². The highest BCUT2D eigenvalue weighted by Crippen LogP contribution is 2.32. The first kappa shape index (κ1) is 19.6. The van der Waals surface area contributed by atoms with E-state index in [4.69, 9.17) is 9.47 Å². The molecule has 0 spiro atoms. The van der Waals surface area contributed by atoms with Gasteiger partial charge < -0.3 is 14.8 Å². The summed E-state index contributed by atoms with van der Waals surface area (Å²) in [6, 6.07) is 11.6. The monoisotopic (exact) mass is 376 g/mol. The fourth-order valence-electron chi connectivity index (χ4n) is 2.29. The van der Waals surface area contributed by atoms with E-state index in [1.165, 1.54) is 31.0 Å². The Morgan fingerprint density at radius 2 is 2.00 bits per heavy atom. The number of amides is 1. The molecule has 2 aromatic rings. The Hall–Kier alpha value is -2.74. The van der Waals surface area contributed by atoms with Gasteiger partial charge in [0.1, 0.15) is 11.5 Å². The highest BCUT2D eigenvalue weighted by molar-refractivity contribution is 8.00. The van der Waals surface area contributed by atoms with E-state index in [1.807, 2.05) is 13.0 Å². The molecule has 0 aliphatic rings. The quantitative estimate of drug-likeness (QED) is 0.552. The van der Waals surface area contributed by atoms with Crippen LogP contribution in [0.4, 0.5) is 11.4 Å². The van der Waals surface area contributed by atoms with Crippen molar-refractivity contribution in [2.24, 2.45) is 0 Å². The van der Waals surface area contributed by atoms with Crippen LogP contribution in [-0.2, 0) is 4.79 Å². The third kappa shape index (κ3) is 5.13. The van der Waals surface area contributed by atoms with E-state index in [2.05, 4.69) is 5.32 Å². The summed E-state index contributed by atoms with van der Waals surface area (Å²) in [7, 11) is 3.07. The first-order valence-electron chi connectivity index (χ1n) is 7.82. The molecular formula is C18H20N2O5S. The molecule has 0 saturated carbocycles. The van der Waals surface area contributed by atoms with Crippen LogP contribution < -0.4 is 14.8 Å². The summed E-state index contributed by atoms with van der Waals surface area (Å²) < 4.78 is 10.4. The molecule has 0 aliphatic carbocycles. The second-order valence-corrected chi connectivity index (χ2v) is 6.75. The molecule has 0 fully saturated rings. The Bertz CT molecular complexity index is 797. The van der Waals surface area contributed by atoms with Crippen molar-refractivity contribution >= 4 is 29.0 Å². The van der Waals surface area contributed by atoms with E-state index in [9.17, 15) is 14.9 Å². The molecule has 0 bridgehead atoms. The molecule has 0 saturated heterocycles. The Morgan fingerprint density at radius 3 is 2.65 bits per heavy atom. The van der Waals surface area contributed by atoms with Crippen LogP contribution in [0.15, 0.2) is 42.5 Å². The molecule has 7 nitrogen and oxygen atoms in total. The normalized spacial score (nSPS) is 11.5. The van der Waals surface area contributed by atoms with Gasteiger partial charge in [-0.05, 0) is 24.6 Å². The van der Waals surface area contributed by atoms with Gasteiger partial charge in [-0.25, -0.2) is 0 Å². The lowest BCUT2D eigenvalue weighted by Gasteiger charge is -2.14. The van der Waals surface area contributed by atoms with Crippen molar-refractivity contribution in [1.29, 1.82) is 0 Å². The van der Waals surface area contributed by atoms with Crippen molar-refractivity contribution in [1.82, 2.24) is 0 Å². The van der Waals surface area contributed by atoms with Gasteiger partial charge in [-0.3, -0.25) is 14.9 Å². The van der Waals surface area contributed by atoms with Gasteiger partial charge >= 0.3 is 0 Å². The topological polar surface area (TPSA) is 90.7 Å². The number of anilines is 1. The number of methoxy groups -OCH3 is 2. The third-order valence-electron chi connectivity index (χ3n) is 3.70. The summed E-state index contributed by atoms with van der Waals surface area (Å²) >= 11 is 1.39.